The molecule has 4 nitrogen and oxygen atoms in total. The van der Waals surface area contributed by atoms with Crippen molar-refractivity contribution in [2.75, 3.05) is 6.54 Å². The monoisotopic (exact) mass is 372 g/mol. The van der Waals surface area contributed by atoms with Crippen molar-refractivity contribution in [2.24, 2.45) is 5.92 Å². The Morgan fingerprint density at radius 3 is 2.15 bits per heavy atom. The van der Waals surface area contributed by atoms with Gasteiger partial charge in [0.05, 0.1) is 0 Å². The van der Waals surface area contributed by atoms with E-state index >= 15 is 0 Å². The van der Waals surface area contributed by atoms with E-state index in [2.05, 4.69) is 6.92 Å². The third-order valence-corrected chi connectivity index (χ3v) is 6.72. The Bertz CT molecular complexity index is 691. The van der Waals surface area contributed by atoms with Crippen LogP contribution in [0.25, 0.3) is 0 Å². The second-order valence-corrected chi connectivity index (χ2v) is 8.57. The summed E-state index contributed by atoms with van der Waals surface area (Å²) in [7, 11) is 0. The Labute approximate surface area is 160 Å². The van der Waals surface area contributed by atoms with Gasteiger partial charge < -0.3 is 9.80 Å². The van der Waals surface area contributed by atoms with Gasteiger partial charge in [-0.15, -0.1) is 0 Å². The van der Waals surface area contributed by atoms with E-state index in [-0.39, 0.29) is 36.3 Å². The first-order valence-electron chi connectivity index (χ1n) is 10.4. The molecule has 3 fully saturated rings. The molecule has 0 N–H and O–H groups in total. The summed E-state index contributed by atoms with van der Waals surface area (Å²) < 4.78 is 13.5. The van der Waals surface area contributed by atoms with Gasteiger partial charge in [0.15, 0.2) is 0 Å². The van der Waals surface area contributed by atoms with E-state index in [1.807, 2.05) is 9.80 Å². The summed E-state index contributed by atoms with van der Waals surface area (Å²) in [5, 5.41) is 0. The van der Waals surface area contributed by atoms with Crippen LogP contribution in [0.3, 0.4) is 0 Å². The molecule has 27 heavy (non-hydrogen) atoms. The maximum absolute atomic E-state index is 13.5. The van der Waals surface area contributed by atoms with Crippen LogP contribution < -0.4 is 0 Å². The largest absolute Gasteiger partial charge is 0.328 e. The quantitative estimate of drug-likeness (QED) is 0.803. The van der Waals surface area contributed by atoms with E-state index in [0.717, 1.165) is 56.9 Å². The van der Waals surface area contributed by atoms with Gasteiger partial charge in [-0.25, -0.2) is 4.39 Å². The molecule has 2 saturated carbocycles. The van der Waals surface area contributed by atoms with Gasteiger partial charge in [-0.2, -0.15) is 0 Å². The molecular weight excluding hydrogens is 343 g/mol. The third-order valence-electron chi connectivity index (χ3n) is 6.72. The highest BCUT2D eigenvalue weighted by atomic mass is 19.1. The van der Waals surface area contributed by atoms with Crippen LogP contribution in [0.4, 0.5) is 4.39 Å². The van der Waals surface area contributed by atoms with Crippen LogP contribution in [-0.2, 0) is 9.59 Å². The number of amides is 2. The van der Waals surface area contributed by atoms with Crippen LogP contribution in [0.5, 0.6) is 0 Å². The van der Waals surface area contributed by atoms with E-state index in [0.29, 0.717) is 5.92 Å². The molecule has 146 valence electrons. The summed E-state index contributed by atoms with van der Waals surface area (Å²) in [6.07, 6.45) is 8.27. The zero-order valence-corrected chi connectivity index (χ0v) is 16.1. The number of carbonyl (C=O) groups excluding carboxylic acids is 2. The van der Waals surface area contributed by atoms with Crippen molar-refractivity contribution >= 4 is 11.8 Å². The molecule has 0 radical (unpaired) electrons. The van der Waals surface area contributed by atoms with Gasteiger partial charge in [-0.05, 0) is 62.1 Å². The summed E-state index contributed by atoms with van der Waals surface area (Å²) in [6.45, 7) is 2.45. The second-order valence-electron chi connectivity index (χ2n) is 8.57. The van der Waals surface area contributed by atoms with Gasteiger partial charge in [0, 0.05) is 12.1 Å². The number of rotatable bonds is 3. The molecule has 5 heteroatoms. The Morgan fingerprint density at radius 1 is 0.889 bits per heavy atom. The minimum absolute atomic E-state index is 0.0210. The minimum atomic E-state index is -0.603. The number of hydrogen-bond acceptors (Lipinski definition) is 2. The molecule has 1 saturated heterocycles. The predicted octanol–water partition coefficient (Wildman–Crippen LogP) is 4.06. The highest BCUT2D eigenvalue weighted by molar-refractivity contribution is 5.96. The number of nitrogens with zero attached hydrogens (tertiary/aromatic N) is 2. The lowest BCUT2D eigenvalue weighted by Gasteiger charge is -2.47. The molecule has 0 unspecified atom stereocenters. The Kier molecular flexibility index (Phi) is 5.20. The number of piperazine rings is 1. The number of benzene rings is 1. The van der Waals surface area contributed by atoms with Gasteiger partial charge in [0.25, 0.3) is 5.91 Å². The van der Waals surface area contributed by atoms with Gasteiger partial charge in [0.1, 0.15) is 18.4 Å². The SMILES string of the molecule is CC1CCC(N2CC(=O)N(C3CCCC3)[C@@H](c3ccc(F)cc3)C2=O)CC1. The van der Waals surface area contributed by atoms with Gasteiger partial charge >= 0.3 is 0 Å². The van der Waals surface area contributed by atoms with Crippen molar-refractivity contribution in [3.8, 4) is 0 Å². The van der Waals surface area contributed by atoms with Crippen LogP contribution in [0.15, 0.2) is 24.3 Å². The van der Waals surface area contributed by atoms with Gasteiger partial charge in [-0.1, -0.05) is 31.9 Å². The molecule has 4 rings (SSSR count). The summed E-state index contributed by atoms with van der Waals surface area (Å²) in [5.74, 6) is 0.445. The lowest BCUT2D eigenvalue weighted by molar-refractivity contribution is -0.162. The minimum Gasteiger partial charge on any atom is -0.328 e. The molecule has 0 bridgehead atoms. The second kappa shape index (κ2) is 7.61. The lowest BCUT2D eigenvalue weighted by Crippen LogP contribution is -2.60. The van der Waals surface area contributed by atoms with Crippen LogP contribution in [-0.4, -0.2) is 40.2 Å². The van der Waals surface area contributed by atoms with Gasteiger partial charge in [0.2, 0.25) is 5.91 Å². The fourth-order valence-corrected chi connectivity index (χ4v) is 5.13. The molecule has 2 amide bonds. The Hall–Kier alpha value is -1.91. The third kappa shape index (κ3) is 3.61. The molecular formula is C22H29FN2O2. The lowest BCUT2D eigenvalue weighted by atomic mass is 9.85. The van der Waals surface area contributed by atoms with Crippen molar-refractivity contribution in [3.05, 3.63) is 35.6 Å². The van der Waals surface area contributed by atoms with E-state index in [1.165, 1.54) is 12.1 Å². The number of hydrogen-bond donors (Lipinski definition) is 0. The molecule has 2 aliphatic carbocycles. The standard InChI is InChI=1S/C22H29FN2O2/c1-15-6-12-18(13-7-15)24-14-20(26)25(19-4-2-3-5-19)21(22(24)27)16-8-10-17(23)11-9-16/h8-11,15,18-19,21H,2-7,12-14H2,1H3/t15?,18?,21-/m0/s1. The first-order valence-corrected chi connectivity index (χ1v) is 10.4. The van der Waals surface area contributed by atoms with E-state index in [1.54, 1.807) is 12.1 Å². The molecule has 1 atom stereocenters. The fourth-order valence-electron chi connectivity index (χ4n) is 5.13. The Balaban J connectivity index is 1.65. The van der Waals surface area contributed by atoms with Crippen LogP contribution >= 0.6 is 0 Å². The van der Waals surface area contributed by atoms with Crippen LogP contribution in [0.1, 0.15) is 69.9 Å². The van der Waals surface area contributed by atoms with Crippen LogP contribution in [0.2, 0.25) is 0 Å². The molecule has 1 aliphatic heterocycles. The maximum atomic E-state index is 13.5. The number of halogens is 1. The average Bonchev–Trinajstić information content (AvgIpc) is 3.19. The predicted molar refractivity (Wildman–Crippen MR) is 101 cm³/mol. The van der Waals surface area contributed by atoms with Crippen LogP contribution in [0, 0.1) is 11.7 Å². The van der Waals surface area contributed by atoms with Gasteiger partial charge in [-0.3, -0.25) is 9.59 Å². The molecule has 1 heterocycles. The summed E-state index contributed by atoms with van der Waals surface area (Å²) in [4.78, 5) is 30.3. The van der Waals surface area contributed by atoms with E-state index < -0.39 is 6.04 Å². The van der Waals surface area contributed by atoms with Crippen molar-refractivity contribution < 1.29 is 14.0 Å². The topological polar surface area (TPSA) is 40.6 Å². The summed E-state index contributed by atoms with van der Waals surface area (Å²) in [6, 6.07) is 5.80. The molecule has 0 aromatic heterocycles. The summed E-state index contributed by atoms with van der Waals surface area (Å²) in [5.41, 5.74) is 0.732. The fraction of sp³-hybridized carbons (Fsp3) is 0.636. The zero-order chi connectivity index (χ0) is 19.0. The zero-order valence-electron chi connectivity index (χ0n) is 16.1. The number of carbonyl (C=O) groups is 2. The highest BCUT2D eigenvalue weighted by Gasteiger charge is 2.46. The maximum Gasteiger partial charge on any atom is 0.250 e. The first-order chi connectivity index (χ1) is 13.0. The molecule has 0 spiro atoms. The summed E-state index contributed by atoms with van der Waals surface area (Å²) >= 11 is 0. The van der Waals surface area contributed by atoms with Crippen molar-refractivity contribution in [1.29, 1.82) is 0 Å². The van der Waals surface area contributed by atoms with Crippen molar-refractivity contribution in [3.63, 3.8) is 0 Å². The first kappa shape index (κ1) is 18.5. The normalized spacial score (nSPS) is 30.2. The highest BCUT2D eigenvalue weighted by Crippen LogP contribution is 2.37. The van der Waals surface area contributed by atoms with E-state index in [9.17, 15) is 14.0 Å². The average molecular weight is 372 g/mol. The van der Waals surface area contributed by atoms with E-state index in [4.69, 9.17) is 0 Å². The molecule has 1 aromatic rings. The Morgan fingerprint density at radius 2 is 1.52 bits per heavy atom. The molecule has 1 aromatic carbocycles. The smallest absolute Gasteiger partial charge is 0.250 e. The van der Waals surface area contributed by atoms with Crippen molar-refractivity contribution in [1.82, 2.24) is 9.80 Å². The van der Waals surface area contributed by atoms with Crippen molar-refractivity contribution in [2.45, 2.75) is 76.4 Å². The molecule has 3 aliphatic rings.